The Morgan fingerprint density at radius 1 is 0.867 bits per heavy atom. The Morgan fingerprint density at radius 3 is 1.67 bits per heavy atom. The minimum absolute atomic E-state index is 0.256. The Kier molecular flexibility index (Phi) is 4.35. The van der Waals surface area contributed by atoms with E-state index in [0.717, 1.165) is 0 Å². The Morgan fingerprint density at radius 2 is 1.33 bits per heavy atom. The second kappa shape index (κ2) is 4.52. The van der Waals surface area contributed by atoms with Crippen LogP contribution in [-0.2, 0) is 9.78 Å². The summed E-state index contributed by atoms with van der Waals surface area (Å²) in [6.07, 6.45) is -6.34. The summed E-state index contributed by atoms with van der Waals surface area (Å²) >= 11 is 0. The Hall–Kier alpha value is -0.570. The largest absolute Gasteiger partial charge is 0.459 e. The van der Waals surface area contributed by atoms with Gasteiger partial charge in [-0.2, -0.15) is 30.7 Å². The zero-order valence-corrected chi connectivity index (χ0v) is 7.38. The van der Waals surface area contributed by atoms with Gasteiger partial charge in [-0.1, -0.05) is 0 Å². The van der Waals surface area contributed by atoms with Gasteiger partial charge >= 0.3 is 18.0 Å². The first-order chi connectivity index (χ1) is 6.56. The highest BCUT2D eigenvalue weighted by molar-refractivity contribution is 4.90. The van der Waals surface area contributed by atoms with Crippen molar-refractivity contribution in [1.29, 1.82) is 0 Å². The smallest absolute Gasteiger partial charge is 0.237 e. The van der Waals surface area contributed by atoms with Crippen molar-refractivity contribution in [2.75, 3.05) is 13.2 Å². The minimum Gasteiger partial charge on any atom is -0.237 e. The molecular weight excluding hydrogens is 237 g/mol. The van der Waals surface area contributed by atoms with E-state index in [9.17, 15) is 30.7 Å². The number of hydrogen-bond donors (Lipinski definition) is 0. The van der Waals surface area contributed by atoms with E-state index in [1.165, 1.54) is 6.92 Å². The van der Waals surface area contributed by atoms with E-state index in [0.29, 0.717) is 0 Å². The molecule has 0 atom stereocenters. The van der Waals surface area contributed by atoms with Crippen molar-refractivity contribution in [3.8, 4) is 0 Å². The first kappa shape index (κ1) is 14.4. The maximum Gasteiger partial charge on any atom is 0.459 e. The molecule has 0 saturated carbocycles. The van der Waals surface area contributed by atoms with E-state index in [2.05, 4.69) is 9.78 Å². The summed E-state index contributed by atoms with van der Waals surface area (Å²) in [7, 11) is 0. The summed E-state index contributed by atoms with van der Waals surface area (Å²) in [5.74, 6) is -11.5. The van der Waals surface area contributed by atoms with Crippen LogP contribution in [0.15, 0.2) is 0 Å². The first-order valence-corrected chi connectivity index (χ1v) is 3.63. The molecular formula is C6H7F7O2. The van der Waals surface area contributed by atoms with E-state index in [1.807, 2.05) is 0 Å². The lowest BCUT2D eigenvalue weighted by Gasteiger charge is -2.27. The average molecular weight is 244 g/mol. The van der Waals surface area contributed by atoms with Gasteiger partial charge in [0, 0.05) is 0 Å². The third-order valence-corrected chi connectivity index (χ3v) is 1.26. The van der Waals surface area contributed by atoms with E-state index < -0.39 is 24.6 Å². The van der Waals surface area contributed by atoms with Crippen LogP contribution in [0.5, 0.6) is 0 Å². The predicted molar refractivity (Wildman–Crippen MR) is 33.5 cm³/mol. The lowest BCUT2D eigenvalue weighted by molar-refractivity contribution is -0.393. The molecule has 0 aromatic heterocycles. The van der Waals surface area contributed by atoms with Crippen LogP contribution in [0.1, 0.15) is 6.92 Å². The van der Waals surface area contributed by atoms with Crippen molar-refractivity contribution >= 4 is 0 Å². The van der Waals surface area contributed by atoms with Crippen LogP contribution in [0.25, 0.3) is 0 Å². The minimum atomic E-state index is -6.34. The molecule has 2 nitrogen and oxygen atoms in total. The van der Waals surface area contributed by atoms with Gasteiger partial charge in [0.25, 0.3) is 0 Å². The molecule has 0 spiro atoms. The van der Waals surface area contributed by atoms with Gasteiger partial charge in [0.1, 0.15) is 0 Å². The molecule has 9 heteroatoms. The maximum atomic E-state index is 12.3. The molecule has 0 rings (SSSR count). The maximum absolute atomic E-state index is 12.3. The Balaban J connectivity index is 4.56. The molecule has 92 valence electrons. The summed E-state index contributed by atoms with van der Waals surface area (Å²) in [5, 5.41) is 0. The normalized spacial score (nSPS) is 14.4. The topological polar surface area (TPSA) is 18.5 Å². The Labute approximate surface area is 79.9 Å². The SMILES string of the molecule is CCOOCC(F)(F)C(F)(F)C(F)(F)F. The highest BCUT2D eigenvalue weighted by atomic mass is 19.4. The van der Waals surface area contributed by atoms with Crippen LogP contribution >= 0.6 is 0 Å². The van der Waals surface area contributed by atoms with E-state index >= 15 is 0 Å². The van der Waals surface area contributed by atoms with Crippen molar-refractivity contribution in [2.24, 2.45) is 0 Å². The molecule has 0 radical (unpaired) electrons. The zero-order chi connectivity index (χ0) is 12.3. The zero-order valence-electron chi connectivity index (χ0n) is 7.38. The van der Waals surface area contributed by atoms with Crippen molar-refractivity contribution in [1.82, 2.24) is 0 Å². The van der Waals surface area contributed by atoms with Crippen LogP contribution in [0.4, 0.5) is 30.7 Å². The van der Waals surface area contributed by atoms with Crippen LogP contribution in [0.3, 0.4) is 0 Å². The lowest BCUT2D eigenvalue weighted by Crippen LogP contribution is -2.54. The molecule has 0 heterocycles. The third kappa shape index (κ3) is 3.20. The second-order valence-corrected chi connectivity index (χ2v) is 2.45. The van der Waals surface area contributed by atoms with Crippen molar-refractivity contribution in [3.05, 3.63) is 0 Å². The molecule has 0 amide bonds. The summed E-state index contributed by atoms with van der Waals surface area (Å²) in [6.45, 7) is -1.15. The van der Waals surface area contributed by atoms with Crippen molar-refractivity contribution in [3.63, 3.8) is 0 Å². The molecule has 0 aromatic rings. The Bertz CT molecular complexity index is 200. The molecule has 0 N–H and O–H groups in total. The van der Waals surface area contributed by atoms with Gasteiger partial charge < -0.3 is 0 Å². The van der Waals surface area contributed by atoms with Gasteiger partial charge in [-0.05, 0) is 6.92 Å². The highest BCUT2D eigenvalue weighted by Gasteiger charge is 2.73. The van der Waals surface area contributed by atoms with Crippen molar-refractivity contribution in [2.45, 2.75) is 24.9 Å². The summed E-state index contributed by atoms with van der Waals surface area (Å²) < 4.78 is 83.5. The summed E-state index contributed by atoms with van der Waals surface area (Å²) in [5.41, 5.74) is 0. The van der Waals surface area contributed by atoms with Crippen LogP contribution in [-0.4, -0.2) is 31.2 Å². The lowest BCUT2D eigenvalue weighted by atomic mass is 10.2. The van der Waals surface area contributed by atoms with Crippen molar-refractivity contribution < 1.29 is 40.5 Å². The third-order valence-electron chi connectivity index (χ3n) is 1.26. The molecule has 0 bridgehead atoms. The van der Waals surface area contributed by atoms with Gasteiger partial charge in [0.05, 0.1) is 6.61 Å². The van der Waals surface area contributed by atoms with Crippen LogP contribution < -0.4 is 0 Å². The summed E-state index contributed by atoms with van der Waals surface area (Å²) in [6, 6.07) is 0. The molecule has 0 aliphatic heterocycles. The highest BCUT2D eigenvalue weighted by Crippen LogP contribution is 2.46. The standard InChI is InChI=1S/C6H7F7O2/c1-2-14-15-3-4(7,8)5(9,10)6(11,12)13/h2-3H2,1H3. The molecule has 15 heavy (non-hydrogen) atoms. The molecule has 0 fully saturated rings. The fourth-order valence-corrected chi connectivity index (χ4v) is 0.497. The fraction of sp³-hybridized carbons (Fsp3) is 1.00. The number of halogens is 7. The van der Waals surface area contributed by atoms with Crippen LogP contribution in [0, 0.1) is 0 Å². The monoisotopic (exact) mass is 244 g/mol. The van der Waals surface area contributed by atoms with E-state index in [4.69, 9.17) is 0 Å². The van der Waals surface area contributed by atoms with Gasteiger partial charge in [-0.25, -0.2) is 9.78 Å². The number of hydrogen-bond acceptors (Lipinski definition) is 2. The van der Waals surface area contributed by atoms with Gasteiger partial charge in [-0.15, -0.1) is 0 Å². The number of rotatable bonds is 5. The van der Waals surface area contributed by atoms with E-state index in [1.54, 1.807) is 0 Å². The summed E-state index contributed by atoms with van der Waals surface area (Å²) in [4.78, 5) is 7.30. The molecule has 0 unspecified atom stereocenters. The number of alkyl halides is 7. The fourth-order valence-electron chi connectivity index (χ4n) is 0.497. The molecule has 0 aromatic carbocycles. The van der Waals surface area contributed by atoms with Gasteiger partial charge in [0.2, 0.25) is 0 Å². The molecule has 0 aliphatic carbocycles. The predicted octanol–water partition coefficient (Wildman–Crippen LogP) is 2.79. The average Bonchev–Trinajstić information content (AvgIpc) is 2.02. The first-order valence-electron chi connectivity index (χ1n) is 3.63. The molecule has 0 aliphatic rings. The van der Waals surface area contributed by atoms with Crippen LogP contribution in [0.2, 0.25) is 0 Å². The van der Waals surface area contributed by atoms with Gasteiger partial charge in [-0.3, -0.25) is 0 Å². The quantitative estimate of drug-likeness (QED) is 0.320. The van der Waals surface area contributed by atoms with E-state index in [-0.39, 0.29) is 6.61 Å². The second-order valence-electron chi connectivity index (χ2n) is 2.45. The van der Waals surface area contributed by atoms with Gasteiger partial charge in [0.15, 0.2) is 6.61 Å². The molecule has 0 saturated heterocycles.